The highest BCUT2D eigenvalue weighted by Crippen LogP contribution is 2.23. The van der Waals surface area contributed by atoms with Crippen LogP contribution in [0.2, 0.25) is 0 Å². The first kappa shape index (κ1) is 18.5. The Morgan fingerprint density at radius 2 is 1.52 bits per heavy atom. The molecule has 0 amide bonds. The van der Waals surface area contributed by atoms with Gasteiger partial charge in [-0.25, -0.2) is 0 Å². The van der Waals surface area contributed by atoms with E-state index in [0.29, 0.717) is 10.8 Å². The molecule has 5 nitrogen and oxygen atoms in total. The zero-order chi connectivity index (χ0) is 19.2. The SMILES string of the molecule is Cc1ccc([C@H](NC(=S)Nc2ccc([N+](=O)[O-])cc2)c2ccccc2)cc1. The number of nitrogens with zero attached hydrogens (tertiary/aromatic N) is 1. The standard InChI is InChI=1S/C21H19N3O2S/c1-15-7-9-17(10-8-15)20(16-5-3-2-4-6-16)23-21(27)22-18-11-13-19(14-12-18)24(25)26/h2-14,20H,1H3,(H2,22,23,27)/t20-/m1/s1. The summed E-state index contributed by atoms with van der Waals surface area (Å²) < 4.78 is 0. The van der Waals surface area contributed by atoms with Crippen molar-refractivity contribution in [2.24, 2.45) is 0 Å². The van der Waals surface area contributed by atoms with Crippen LogP contribution in [0.25, 0.3) is 0 Å². The average molecular weight is 377 g/mol. The molecular weight excluding hydrogens is 358 g/mol. The van der Waals surface area contributed by atoms with E-state index in [1.165, 1.54) is 17.7 Å². The van der Waals surface area contributed by atoms with E-state index in [2.05, 4.69) is 41.8 Å². The number of nitro groups is 1. The normalized spacial score (nSPS) is 11.4. The van der Waals surface area contributed by atoms with E-state index in [1.807, 2.05) is 30.3 Å². The summed E-state index contributed by atoms with van der Waals surface area (Å²) >= 11 is 5.47. The highest BCUT2D eigenvalue weighted by Gasteiger charge is 2.15. The van der Waals surface area contributed by atoms with Crippen LogP contribution in [0.4, 0.5) is 11.4 Å². The van der Waals surface area contributed by atoms with E-state index < -0.39 is 4.92 Å². The van der Waals surface area contributed by atoms with E-state index >= 15 is 0 Å². The van der Waals surface area contributed by atoms with Crippen molar-refractivity contribution >= 4 is 28.7 Å². The van der Waals surface area contributed by atoms with E-state index in [-0.39, 0.29) is 11.7 Å². The topological polar surface area (TPSA) is 67.2 Å². The molecule has 136 valence electrons. The minimum atomic E-state index is -0.427. The van der Waals surface area contributed by atoms with Crippen molar-refractivity contribution in [2.45, 2.75) is 13.0 Å². The van der Waals surface area contributed by atoms with Gasteiger partial charge in [-0.05, 0) is 42.4 Å². The number of nitro benzene ring substituents is 1. The van der Waals surface area contributed by atoms with Crippen molar-refractivity contribution in [3.05, 3.63) is 106 Å². The van der Waals surface area contributed by atoms with E-state index in [1.54, 1.807) is 12.1 Å². The fourth-order valence-corrected chi connectivity index (χ4v) is 2.96. The van der Waals surface area contributed by atoms with Crippen LogP contribution in [-0.2, 0) is 0 Å². The zero-order valence-corrected chi connectivity index (χ0v) is 15.6. The fraction of sp³-hybridized carbons (Fsp3) is 0.0952. The Morgan fingerprint density at radius 1 is 0.926 bits per heavy atom. The van der Waals surface area contributed by atoms with Gasteiger partial charge in [0.05, 0.1) is 11.0 Å². The minimum absolute atomic E-state index is 0.0428. The van der Waals surface area contributed by atoms with Gasteiger partial charge in [-0.1, -0.05) is 60.2 Å². The number of hydrogen-bond donors (Lipinski definition) is 2. The van der Waals surface area contributed by atoms with Crippen molar-refractivity contribution in [1.29, 1.82) is 0 Å². The van der Waals surface area contributed by atoms with Crippen LogP contribution >= 0.6 is 12.2 Å². The van der Waals surface area contributed by atoms with Gasteiger partial charge in [-0.2, -0.15) is 0 Å². The van der Waals surface area contributed by atoms with E-state index in [0.717, 1.165) is 11.1 Å². The number of hydrogen-bond acceptors (Lipinski definition) is 3. The molecule has 0 aromatic heterocycles. The fourth-order valence-electron chi connectivity index (χ4n) is 2.73. The van der Waals surface area contributed by atoms with Gasteiger partial charge in [0.15, 0.2) is 5.11 Å². The average Bonchev–Trinajstić information content (AvgIpc) is 2.68. The summed E-state index contributed by atoms with van der Waals surface area (Å²) in [6, 6.07) is 24.4. The molecule has 0 saturated carbocycles. The maximum atomic E-state index is 10.8. The molecule has 0 heterocycles. The molecule has 1 atom stereocenters. The molecule has 0 aliphatic heterocycles. The molecule has 0 unspecified atom stereocenters. The summed E-state index contributed by atoms with van der Waals surface area (Å²) in [5.74, 6) is 0. The van der Waals surface area contributed by atoms with Crippen LogP contribution < -0.4 is 10.6 Å². The Kier molecular flexibility index (Phi) is 5.78. The molecule has 0 aliphatic carbocycles. The number of rotatable bonds is 5. The summed E-state index contributed by atoms with van der Waals surface area (Å²) in [7, 11) is 0. The summed E-state index contributed by atoms with van der Waals surface area (Å²) in [6.45, 7) is 2.05. The lowest BCUT2D eigenvalue weighted by Gasteiger charge is -2.22. The predicted octanol–water partition coefficient (Wildman–Crippen LogP) is 4.98. The smallest absolute Gasteiger partial charge is 0.269 e. The minimum Gasteiger partial charge on any atom is -0.352 e. The van der Waals surface area contributed by atoms with Gasteiger partial charge >= 0.3 is 0 Å². The molecule has 6 heteroatoms. The second-order valence-electron chi connectivity index (χ2n) is 6.16. The molecule has 0 aliphatic rings. The lowest BCUT2D eigenvalue weighted by Crippen LogP contribution is -2.33. The molecule has 3 aromatic carbocycles. The molecular formula is C21H19N3O2S. The van der Waals surface area contributed by atoms with Gasteiger partial charge < -0.3 is 10.6 Å². The number of thiocarbonyl (C=S) groups is 1. The Morgan fingerprint density at radius 3 is 2.11 bits per heavy atom. The van der Waals surface area contributed by atoms with Crippen molar-refractivity contribution in [3.63, 3.8) is 0 Å². The first-order chi connectivity index (χ1) is 13.0. The quantitative estimate of drug-likeness (QED) is 0.373. The summed E-state index contributed by atoms with van der Waals surface area (Å²) in [5, 5.41) is 17.6. The number of nitrogens with one attached hydrogen (secondary N) is 2. The lowest BCUT2D eigenvalue weighted by atomic mass is 9.98. The Balaban J connectivity index is 1.78. The van der Waals surface area contributed by atoms with E-state index in [4.69, 9.17) is 12.2 Å². The maximum absolute atomic E-state index is 10.8. The summed E-state index contributed by atoms with van der Waals surface area (Å²) in [4.78, 5) is 10.3. The lowest BCUT2D eigenvalue weighted by molar-refractivity contribution is -0.384. The van der Waals surface area contributed by atoms with Crippen molar-refractivity contribution < 1.29 is 4.92 Å². The van der Waals surface area contributed by atoms with Crippen LogP contribution in [0.15, 0.2) is 78.9 Å². The molecule has 2 N–H and O–H groups in total. The van der Waals surface area contributed by atoms with Crippen molar-refractivity contribution in [1.82, 2.24) is 5.32 Å². The van der Waals surface area contributed by atoms with Gasteiger partial charge in [0.1, 0.15) is 0 Å². The second kappa shape index (κ2) is 8.42. The number of anilines is 1. The monoisotopic (exact) mass is 377 g/mol. The summed E-state index contributed by atoms with van der Waals surface area (Å²) in [5.41, 5.74) is 4.11. The van der Waals surface area contributed by atoms with Crippen LogP contribution in [0.1, 0.15) is 22.7 Å². The van der Waals surface area contributed by atoms with Crippen LogP contribution in [0.3, 0.4) is 0 Å². The van der Waals surface area contributed by atoms with Gasteiger partial charge in [0.25, 0.3) is 5.69 Å². The molecule has 0 bridgehead atoms. The highest BCUT2D eigenvalue weighted by atomic mass is 32.1. The largest absolute Gasteiger partial charge is 0.352 e. The first-order valence-electron chi connectivity index (χ1n) is 8.46. The van der Waals surface area contributed by atoms with Gasteiger partial charge in [-0.15, -0.1) is 0 Å². The Hall–Kier alpha value is -3.25. The third kappa shape index (κ3) is 4.89. The number of non-ortho nitro benzene ring substituents is 1. The van der Waals surface area contributed by atoms with Crippen LogP contribution in [0, 0.1) is 17.0 Å². The maximum Gasteiger partial charge on any atom is 0.269 e. The third-order valence-corrected chi connectivity index (χ3v) is 4.37. The number of benzene rings is 3. The molecule has 0 fully saturated rings. The van der Waals surface area contributed by atoms with E-state index in [9.17, 15) is 10.1 Å². The van der Waals surface area contributed by atoms with Crippen molar-refractivity contribution in [2.75, 3.05) is 5.32 Å². The van der Waals surface area contributed by atoms with Crippen LogP contribution in [-0.4, -0.2) is 10.0 Å². The van der Waals surface area contributed by atoms with Crippen LogP contribution in [0.5, 0.6) is 0 Å². The molecule has 3 aromatic rings. The second-order valence-corrected chi connectivity index (χ2v) is 6.57. The van der Waals surface area contributed by atoms with Gasteiger partial charge in [0, 0.05) is 17.8 Å². The summed E-state index contributed by atoms with van der Waals surface area (Å²) in [6.07, 6.45) is 0. The molecule has 27 heavy (non-hydrogen) atoms. The third-order valence-electron chi connectivity index (χ3n) is 4.16. The zero-order valence-electron chi connectivity index (χ0n) is 14.8. The highest BCUT2D eigenvalue weighted by molar-refractivity contribution is 7.80. The van der Waals surface area contributed by atoms with Gasteiger partial charge in [-0.3, -0.25) is 10.1 Å². The number of aryl methyl sites for hydroxylation is 1. The molecule has 3 rings (SSSR count). The molecule has 0 radical (unpaired) electrons. The Bertz CT molecular complexity index is 926. The van der Waals surface area contributed by atoms with Crippen molar-refractivity contribution in [3.8, 4) is 0 Å². The molecule has 0 spiro atoms. The first-order valence-corrected chi connectivity index (χ1v) is 8.87. The molecule has 0 saturated heterocycles. The van der Waals surface area contributed by atoms with Gasteiger partial charge in [0.2, 0.25) is 0 Å². The predicted molar refractivity (Wildman–Crippen MR) is 112 cm³/mol. The Labute approximate surface area is 163 Å².